The summed E-state index contributed by atoms with van der Waals surface area (Å²) in [6, 6.07) is 10.3. The van der Waals surface area contributed by atoms with E-state index in [9.17, 15) is 4.79 Å². The van der Waals surface area contributed by atoms with E-state index in [0.717, 1.165) is 6.42 Å². The molecule has 0 spiro atoms. The van der Waals surface area contributed by atoms with Gasteiger partial charge in [0.2, 0.25) is 0 Å². The first kappa shape index (κ1) is 15.7. The van der Waals surface area contributed by atoms with E-state index in [4.69, 9.17) is 4.74 Å². The number of allylic oxidation sites excluding steroid dienone is 1. The number of ether oxygens (including phenoxy) is 1. The predicted molar refractivity (Wildman–Crippen MR) is 83.3 cm³/mol. The predicted octanol–water partition coefficient (Wildman–Crippen LogP) is 4.52. The largest absolute Gasteiger partial charge is 0.462 e. The monoisotopic (exact) mass is 276 g/mol. The Bertz CT molecular complexity index is 430. The van der Waals surface area contributed by atoms with E-state index in [-0.39, 0.29) is 5.97 Å². The van der Waals surface area contributed by atoms with Gasteiger partial charge in [-0.25, -0.2) is 4.79 Å². The summed E-state index contributed by atoms with van der Waals surface area (Å²) in [6.07, 6.45) is 3.12. The molecule has 0 fully saturated rings. The third-order valence-electron chi connectivity index (χ3n) is 2.80. The maximum Gasteiger partial charge on any atom is 0.338 e. The second-order valence-electron chi connectivity index (χ2n) is 6.07. The van der Waals surface area contributed by atoms with Crippen LogP contribution in [0.4, 0.5) is 0 Å². The summed E-state index contributed by atoms with van der Waals surface area (Å²) in [5, 5.41) is 0. The summed E-state index contributed by atoms with van der Waals surface area (Å²) in [6.45, 7) is 9.63. The van der Waals surface area contributed by atoms with Crippen LogP contribution in [0.1, 0.15) is 23.7 Å². The summed E-state index contributed by atoms with van der Waals surface area (Å²) in [4.78, 5) is 11.7. The summed E-state index contributed by atoms with van der Waals surface area (Å²) >= 11 is 0. The van der Waals surface area contributed by atoms with Gasteiger partial charge in [-0.05, 0) is 25.1 Å². The molecule has 0 bridgehead atoms. The maximum atomic E-state index is 11.7. The van der Waals surface area contributed by atoms with Crippen molar-refractivity contribution in [1.82, 2.24) is 0 Å². The molecule has 0 aromatic heterocycles. The van der Waals surface area contributed by atoms with Gasteiger partial charge in [0.15, 0.2) is 0 Å². The number of hydrogen-bond donors (Lipinski definition) is 0. The Morgan fingerprint density at radius 3 is 2.42 bits per heavy atom. The summed E-state index contributed by atoms with van der Waals surface area (Å²) in [5.74, 6) is -0.237. The van der Waals surface area contributed by atoms with Gasteiger partial charge in [0, 0.05) is 14.5 Å². The third-order valence-corrected chi connectivity index (χ3v) is 4.23. The highest BCUT2D eigenvalue weighted by Gasteiger charge is 2.10. The van der Waals surface area contributed by atoms with Crippen molar-refractivity contribution in [2.24, 2.45) is 0 Å². The zero-order valence-corrected chi connectivity index (χ0v) is 13.4. The van der Waals surface area contributed by atoms with Gasteiger partial charge in [0.1, 0.15) is 0 Å². The van der Waals surface area contributed by atoms with Gasteiger partial charge >= 0.3 is 5.97 Å². The molecule has 0 aliphatic carbocycles. The molecule has 1 rings (SSSR count). The molecule has 1 aromatic rings. The van der Waals surface area contributed by atoms with Crippen LogP contribution in [0.2, 0.25) is 25.7 Å². The lowest BCUT2D eigenvalue weighted by atomic mass is 10.2. The fourth-order valence-corrected chi connectivity index (χ4v) is 2.51. The lowest BCUT2D eigenvalue weighted by Crippen LogP contribution is -2.17. The molecule has 2 nitrogen and oxygen atoms in total. The number of carbonyl (C=O) groups excluding carboxylic acids is 1. The van der Waals surface area contributed by atoms with Crippen LogP contribution in [0.5, 0.6) is 0 Å². The fraction of sp³-hybridized carbons (Fsp3) is 0.438. The molecule has 3 heteroatoms. The first-order chi connectivity index (χ1) is 8.88. The molecule has 104 valence electrons. The van der Waals surface area contributed by atoms with E-state index in [0.29, 0.717) is 12.2 Å². The molecule has 0 saturated heterocycles. The van der Waals surface area contributed by atoms with Crippen molar-refractivity contribution in [3.05, 3.63) is 47.5 Å². The van der Waals surface area contributed by atoms with E-state index in [2.05, 4.69) is 32.6 Å². The zero-order chi connectivity index (χ0) is 14.3. The molecule has 0 N–H and O–H groups in total. The van der Waals surface area contributed by atoms with Crippen molar-refractivity contribution in [2.45, 2.75) is 39.0 Å². The Labute approximate surface area is 117 Å². The molecule has 19 heavy (non-hydrogen) atoms. The van der Waals surface area contributed by atoms with Crippen LogP contribution >= 0.6 is 0 Å². The van der Waals surface area contributed by atoms with Gasteiger partial charge < -0.3 is 4.74 Å². The van der Waals surface area contributed by atoms with Crippen LogP contribution in [-0.4, -0.2) is 20.7 Å². The molecular weight excluding hydrogens is 252 g/mol. The molecule has 0 unspecified atom stereocenters. The molecule has 0 saturated carbocycles. The lowest BCUT2D eigenvalue weighted by Gasteiger charge is -2.13. The van der Waals surface area contributed by atoms with Crippen molar-refractivity contribution >= 4 is 14.0 Å². The average Bonchev–Trinajstić information content (AvgIpc) is 2.36. The molecule has 0 radical (unpaired) electrons. The Morgan fingerprint density at radius 1 is 1.21 bits per heavy atom. The summed E-state index contributed by atoms with van der Waals surface area (Å²) in [5.41, 5.74) is 1.93. The highest BCUT2D eigenvalue weighted by atomic mass is 28.3. The van der Waals surface area contributed by atoms with Crippen molar-refractivity contribution in [2.75, 3.05) is 6.61 Å². The van der Waals surface area contributed by atoms with Gasteiger partial charge in [-0.3, -0.25) is 0 Å². The van der Waals surface area contributed by atoms with Crippen molar-refractivity contribution < 1.29 is 9.53 Å². The summed E-state index contributed by atoms with van der Waals surface area (Å²) in [7, 11) is -1.02. The van der Waals surface area contributed by atoms with E-state index in [1.165, 1.54) is 11.6 Å². The van der Waals surface area contributed by atoms with E-state index in [1.54, 1.807) is 12.1 Å². The SMILES string of the molecule is C/C(=C\C[Si](C)(C)C)CCOC(=O)c1ccccc1. The van der Waals surface area contributed by atoms with Crippen LogP contribution in [-0.2, 0) is 4.74 Å². The van der Waals surface area contributed by atoms with Crippen LogP contribution < -0.4 is 0 Å². The zero-order valence-electron chi connectivity index (χ0n) is 12.4. The number of carbonyl (C=O) groups is 1. The minimum Gasteiger partial charge on any atom is -0.462 e. The van der Waals surface area contributed by atoms with Crippen LogP contribution in [0.3, 0.4) is 0 Å². The van der Waals surface area contributed by atoms with Crippen molar-refractivity contribution in [3.8, 4) is 0 Å². The topological polar surface area (TPSA) is 26.3 Å². The first-order valence-corrected chi connectivity index (χ1v) is 10.5. The highest BCUT2D eigenvalue weighted by Crippen LogP contribution is 2.12. The van der Waals surface area contributed by atoms with Gasteiger partial charge in [-0.2, -0.15) is 0 Å². The first-order valence-electron chi connectivity index (χ1n) is 6.76. The normalized spacial score (nSPS) is 12.3. The van der Waals surface area contributed by atoms with E-state index < -0.39 is 8.07 Å². The Hall–Kier alpha value is -1.35. The average molecular weight is 276 g/mol. The minimum atomic E-state index is -1.02. The molecule has 0 aliphatic rings. The number of esters is 1. The number of rotatable bonds is 6. The lowest BCUT2D eigenvalue weighted by molar-refractivity contribution is 0.0509. The van der Waals surface area contributed by atoms with Crippen LogP contribution in [0, 0.1) is 0 Å². The van der Waals surface area contributed by atoms with Crippen molar-refractivity contribution in [1.29, 1.82) is 0 Å². The summed E-state index contributed by atoms with van der Waals surface area (Å²) < 4.78 is 5.26. The quantitative estimate of drug-likeness (QED) is 0.434. The van der Waals surface area contributed by atoms with E-state index >= 15 is 0 Å². The maximum absolute atomic E-state index is 11.7. The van der Waals surface area contributed by atoms with E-state index in [1.807, 2.05) is 18.2 Å². The van der Waals surface area contributed by atoms with Gasteiger partial charge in [-0.1, -0.05) is 49.5 Å². The van der Waals surface area contributed by atoms with Gasteiger partial charge in [0.05, 0.1) is 12.2 Å². The smallest absolute Gasteiger partial charge is 0.338 e. The van der Waals surface area contributed by atoms with Gasteiger partial charge in [0.25, 0.3) is 0 Å². The van der Waals surface area contributed by atoms with Crippen molar-refractivity contribution in [3.63, 3.8) is 0 Å². The second-order valence-corrected chi connectivity index (χ2v) is 11.6. The Morgan fingerprint density at radius 2 is 1.84 bits per heavy atom. The van der Waals surface area contributed by atoms with Gasteiger partial charge in [-0.15, -0.1) is 0 Å². The molecule has 0 amide bonds. The Balaban J connectivity index is 2.33. The highest BCUT2D eigenvalue weighted by molar-refractivity contribution is 6.76. The third kappa shape index (κ3) is 6.96. The Kier molecular flexibility index (Phi) is 6.02. The fourth-order valence-electron chi connectivity index (χ4n) is 1.54. The molecule has 1 aromatic carbocycles. The molecular formula is C16H24O2Si. The standard InChI is InChI=1S/C16H24O2Si/c1-14(11-13-19(2,3)4)10-12-18-16(17)15-8-6-5-7-9-15/h5-9,11H,10,12-13H2,1-4H3/b14-11+. The van der Waals surface area contributed by atoms with Crippen LogP contribution in [0.25, 0.3) is 0 Å². The molecule has 0 atom stereocenters. The number of benzene rings is 1. The molecule has 0 aliphatic heterocycles. The van der Waals surface area contributed by atoms with Crippen LogP contribution in [0.15, 0.2) is 42.0 Å². The minimum absolute atomic E-state index is 0.237. The number of hydrogen-bond acceptors (Lipinski definition) is 2. The molecule has 0 heterocycles. The second kappa shape index (κ2) is 7.29.